The number of aliphatic hydroxyl groups is 1. The van der Waals surface area contributed by atoms with E-state index in [-0.39, 0.29) is 17.4 Å². The number of nitrogens with one attached hydrogen (secondary N) is 1. The lowest BCUT2D eigenvalue weighted by molar-refractivity contribution is 0.150. The molecule has 0 spiro atoms. The number of amides is 2. The Bertz CT molecular complexity index is 517. The molecule has 0 unspecified atom stereocenters. The predicted molar refractivity (Wildman–Crippen MR) is 93.7 cm³/mol. The van der Waals surface area contributed by atoms with E-state index in [1.54, 1.807) is 0 Å². The lowest BCUT2D eigenvalue weighted by Crippen LogP contribution is -2.47. The maximum Gasteiger partial charge on any atom is 0.317 e. The normalized spacial score (nSPS) is 22.7. The van der Waals surface area contributed by atoms with Crippen molar-refractivity contribution in [2.24, 2.45) is 5.92 Å². The zero-order valence-electron chi connectivity index (χ0n) is 13.5. The van der Waals surface area contributed by atoms with Crippen LogP contribution in [0, 0.1) is 5.92 Å². The molecule has 5 heteroatoms. The average Bonchev–Trinajstić information content (AvgIpc) is 3.34. The zero-order chi connectivity index (χ0) is 16.1. The van der Waals surface area contributed by atoms with Crippen molar-refractivity contribution in [3.8, 4) is 0 Å². The topological polar surface area (TPSA) is 52.6 Å². The summed E-state index contributed by atoms with van der Waals surface area (Å²) in [5.74, 6) is 0.452. The molecule has 23 heavy (non-hydrogen) atoms. The Morgan fingerprint density at radius 2 is 2.13 bits per heavy atom. The quantitative estimate of drug-likeness (QED) is 0.840. The van der Waals surface area contributed by atoms with Crippen LogP contribution in [0.2, 0.25) is 0 Å². The Labute approximate surface area is 142 Å². The minimum atomic E-state index is 0.0626. The van der Waals surface area contributed by atoms with Gasteiger partial charge in [0.25, 0.3) is 0 Å². The highest BCUT2D eigenvalue weighted by atomic mass is 32.2. The van der Waals surface area contributed by atoms with Gasteiger partial charge in [-0.3, -0.25) is 0 Å². The number of aliphatic hydroxyl groups excluding tert-OH is 1. The number of hydrogen-bond donors (Lipinski definition) is 2. The smallest absolute Gasteiger partial charge is 0.317 e. The van der Waals surface area contributed by atoms with E-state index in [2.05, 4.69) is 29.6 Å². The number of carbonyl (C=O) groups is 1. The summed E-state index contributed by atoms with van der Waals surface area (Å²) in [6.07, 6.45) is 5.30. The number of urea groups is 1. The molecule has 1 saturated carbocycles. The van der Waals surface area contributed by atoms with Crippen molar-refractivity contribution in [1.82, 2.24) is 10.2 Å². The molecular weight excluding hydrogens is 308 g/mol. The van der Waals surface area contributed by atoms with E-state index in [1.807, 2.05) is 22.7 Å². The first kappa shape index (κ1) is 16.7. The van der Waals surface area contributed by atoms with Crippen LogP contribution in [0.25, 0.3) is 0 Å². The first-order chi connectivity index (χ1) is 11.2. The number of likely N-dealkylation sites (tertiary alicyclic amines) is 1. The lowest BCUT2D eigenvalue weighted by Gasteiger charge is -2.33. The second-order valence-electron chi connectivity index (χ2n) is 6.72. The number of thioether (sulfide) groups is 1. The summed E-state index contributed by atoms with van der Waals surface area (Å²) in [5, 5.41) is 12.2. The van der Waals surface area contributed by atoms with E-state index in [0.717, 1.165) is 38.9 Å². The lowest BCUT2D eigenvalue weighted by atomic mass is 9.95. The van der Waals surface area contributed by atoms with Gasteiger partial charge in [-0.25, -0.2) is 4.79 Å². The number of piperidine rings is 1. The summed E-state index contributed by atoms with van der Waals surface area (Å²) < 4.78 is 0.192. The molecule has 1 atom stereocenters. The van der Waals surface area contributed by atoms with Crippen molar-refractivity contribution in [2.75, 3.05) is 26.2 Å². The number of rotatable bonds is 6. The number of benzene rings is 1. The molecule has 2 fully saturated rings. The van der Waals surface area contributed by atoms with E-state index < -0.39 is 0 Å². The molecule has 1 heterocycles. The van der Waals surface area contributed by atoms with Crippen LogP contribution < -0.4 is 5.32 Å². The van der Waals surface area contributed by atoms with Crippen LogP contribution in [0.15, 0.2) is 35.2 Å². The molecular formula is C18H26N2O2S. The van der Waals surface area contributed by atoms with Gasteiger partial charge in [-0.15, -0.1) is 11.8 Å². The fourth-order valence-electron chi connectivity index (χ4n) is 3.21. The second-order valence-corrected chi connectivity index (χ2v) is 8.26. The largest absolute Gasteiger partial charge is 0.396 e. The highest BCUT2D eigenvalue weighted by Crippen LogP contribution is 2.51. The molecule has 4 nitrogen and oxygen atoms in total. The third-order valence-electron chi connectivity index (χ3n) is 4.79. The van der Waals surface area contributed by atoms with Gasteiger partial charge in [-0.1, -0.05) is 18.2 Å². The van der Waals surface area contributed by atoms with Gasteiger partial charge in [-0.05, 0) is 50.2 Å². The molecule has 3 rings (SSSR count). The van der Waals surface area contributed by atoms with Crippen molar-refractivity contribution in [3.05, 3.63) is 30.3 Å². The van der Waals surface area contributed by atoms with Crippen molar-refractivity contribution in [2.45, 2.75) is 41.7 Å². The van der Waals surface area contributed by atoms with Crippen LogP contribution in [0.3, 0.4) is 0 Å². The SMILES string of the molecule is O=C(NCC1(Sc2ccccc2)CC1)N1CCC[C@H](CCO)C1. The molecule has 0 radical (unpaired) electrons. The van der Waals surface area contributed by atoms with Crippen LogP contribution in [0.4, 0.5) is 4.79 Å². The van der Waals surface area contributed by atoms with Gasteiger partial charge in [0.15, 0.2) is 0 Å². The summed E-state index contributed by atoms with van der Waals surface area (Å²) in [6.45, 7) is 2.58. The molecule has 1 saturated heterocycles. The third-order valence-corrected chi connectivity index (χ3v) is 6.28. The highest BCUT2D eigenvalue weighted by Gasteiger charge is 2.44. The molecule has 2 N–H and O–H groups in total. The molecule has 1 aliphatic heterocycles. The fourth-order valence-corrected chi connectivity index (χ4v) is 4.45. The van der Waals surface area contributed by atoms with Gasteiger partial charge >= 0.3 is 6.03 Å². The molecule has 0 aromatic heterocycles. The Morgan fingerprint density at radius 3 is 2.83 bits per heavy atom. The van der Waals surface area contributed by atoms with E-state index in [9.17, 15) is 4.79 Å². The summed E-state index contributed by atoms with van der Waals surface area (Å²) in [4.78, 5) is 15.6. The van der Waals surface area contributed by atoms with Crippen LogP contribution >= 0.6 is 11.8 Å². The van der Waals surface area contributed by atoms with Gasteiger partial charge in [0.2, 0.25) is 0 Å². The average molecular weight is 334 g/mol. The standard InChI is InChI=1S/C18H26N2O2S/c21-12-8-15-5-4-11-20(13-15)17(22)19-14-18(9-10-18)23-16-6-2-1-3-7-16/h1-3,6-7,15,21H,4-5,8-14H2,(H,19,22)/t15-/m1/s1. The maximum atomic E-state index is 12.4. The first-order valence-electron chi connectivity index (χ1n) is 8.58. The van der Waals surface area contributed by atoms with Crippen LogP contribution in [-0.2, 0) is 0 Å². The molecule has 0 bridgehead atoms. The van der Waals surface area contributed by atoms with Crippen LogP contribution in [0.1, 0.15) is 32.1 Å². The number of hydrogen-bond acceptors (Lipinski definition) is 3. The predicted octanol–water partition coefficient (Wildman–Crippen LogP) is 3.12. The molecule has 1 aromatic carbocycles. The Hall–Kier alpha value is -1.20. The van der Waals surface area contributed by atoms with Crippen molar-refractivity contribution >= 4 is 17.8 Å². The summed E-state index contributed by atoms with van der Waals surface area (Å²) >= 11 is 1.89. The van der Waals surface area contributed by atoms with E-state index in [0.29, 0.717) is 5.92 Å². The Balaban J connectivity index is 1.47. The Morgan fingerprint density at radius 1 is 1.35 bits per heavy atom. The van der Waals surface area contributed by atoms with Gasteiger partial charge in [0.05, 0.1) is 0 Å². The van der Waals surface area contributed by atoms with E-state index in [1.165, 1.54) is 17.7 Å². The van der Waals surface area contributed by atoms with Gasteiger partial charge in [-0.2, -0.15) is 0 Å². The molecule has 126 valence electrons. The Kier molecular flexibility index (Phi) is 5.49. The van der Waals surface area contributed by atoms with Gasteiger partial charge in [0, 0.05) is 35.9 Å². The molecule has 1 aliphatic carbocycles. The highest BCUT2D eigenvalue weighted by molar-refractivity contribution is 8.01. The number of carbonyl (C=O) groups excluding carboxylic acids is 1. The minimum absolute atomic E-state index is 0.0626. The van der Waals surface area contributed by atoms with E-state index >= 15 is 0 Å². The number of nitrogens with zero attached hydrogens (tertiary/aromatic N) is 1. The van der Waals surface area contributed by atoms with Crippen LogP contribution in [0.5, 0.6) is 0 Å². The van der Waals surface area contributed by atoms with Crippen LogP contribution in [-0.4, -0.2) is 47.0 Å². The van der Waals surface area contributed by atoms with Crippen molar-refractivity contribution < 1.29 is 9.90 Å². The maximum absolute atomic E-state index is 12.4. The van der Waals surface area contributed by atoms with Crippen molar-refractivity contribution in [1.29, 1.82) is 0 Å². The first-order valence-corrected chi connectivity index (χ1v) is 9.40. The molecule has 1 aromatic rings. The summed E-state index contributed by atoms with van der Waals surface area (Å²) in [7, 11) is 0. The minimum Gasteiger partial charge on any atom is -0.396 e. The molecule has 2 aliphatic rings. The third kappa shape index (κ3) is 4.64. The fraction of sp³-hybridized carbons (Fsp3) is 0.611. The zero-order valence-corrected chi connectivity index (χ0v) is 14.4. The summed E-state index contributed by atoms with van der Waals surface area (Å²) in [6, 6.07) is 10.5. The van der Waals surface area contributed by atoms with Gasteiger partial charge < -0.3 is 15.3 Å². The second kappa shape index (κ2) is 7.58. The van der Waals surface area contributed by atoms with E-state index in [4.69, 9.17) is 5.11 Å². The molecule has 2 amide bonds. The summed E-state index contributed by atoms with van der Waals surface area (Å²) in [5.41, 5.74) is 0. The van der Waals surface area contributed by atoms with Gasteiger partial charge in [0.1, 0.15) is 0 Å². The van der Waals surface area contributed by atoms with Crippen molar-refractivity contribution in [3.63, 3.8) is 0 Å². The monoisotopic (exact) mass is 334 g/mol.